The summed E-state index contributed by atoms with van der Waals surface area (Å²) in [6.45, 7) is 1.53. The zero-order valence-corrected chi connectivity index (χ0v) is 11.1. The summed E-state index contributed by atoms with van der Waals surface area (Å²) in [6, 6.07) is 1.98. The fourth-order valence-electron chi connectivity index (χ4n) is 1.74. The van der Waals surface area contributed by atoms with E-state index in [0.717, 1.165) is 19.0 Å². The SMILES string of the molecule is O=C(N[C@H]1CCNC1)c1cc(I)c(F)cc1F. The van der Waals surface area contributed by atoms with E-state index in [1.54, 1.807) is 22.6 Å². The molecule has 0 bridgehead atoms. The maximum atomic E-state index is 13.4. The third-order valence-electron chi connectivity index (χ3n) is 2.65. The molecule has 0 radical (unpaired) electrons. The molecular weight excluding hydrogens is 341 g/mol. The molecule has 2 N–H and O–H groups in total. The van der Waals surface area contributed by atoms with E-state index in [1.807, 2.05) is 0 Å². The molecule has 1 amide bonds. The van der Waals surface area contributed by atoms with Crippen molar-refractivity contribution in [1.29, 1.82) is 0 Å². The molecule has 1 aliphatic heterocycles. The smallest absolute Gasteiger partial charge is 0.254 e. The number of nitrogens with one attached hydrogen (secondary N) is 2. The van der Waals surface area contributed by atoms with E-state index in [-0.39, 0.29) is 15.2 Å². The van der Waals surface area contributed by atoms with Crippen molar-refractivity contribution in [2.75, 3.05) is 13.1 Å². The van der Waals surface area contributed by atoms with E-state index in [0.29, 0.717) is 6.54 Å². The Bertz CT molecular complexity index is 447. The minimum Gasteiger partial charge on any atom is -0.348 e. The fourth-order valence-corrected chi connectivity index (χ4v) is 2.20. The highest BCUT2D eigenvalue weighted by Crippen LogP contribution is 2.17. The van der Waals surface area contributed by atoms with E-state index >= 15 is 0 Å². The normalized spacial score (nSPS) is 19.4. The van der Waals surface area contributed by atoms with Gasteiger partial charge in [-0.15, -0.1) is 0 Å². The summed E-state index contributed by atoms with van der Waals surface area (Å²) in [4.78, 5) is 11.8. The van der Waals surface area contributed by atoms with Crippen molar-refractivity contribution >= 4 is 28.5 Å². The first-order chi connectivity index (χ1) is 8.08. The molecule has 0 saturated carbocycles. The Morgan fingerprint density at radius 2 is 2.18 bits per heavy atom. The largest absolute Gasteiger partial charge is 0.348 e. The van der Waals surface area contributed by atoms with Crippen molar-refractivity contribution in [2.24, 2.45) is 0 Å². The van der Waals surface area contributed by atoms with Crippen molar-refractivity contribution < 1.29 is 13.6 Å². The Labute approximate surface area is 111 Å². The molecule has 1 aliphatic rings. The van der Waals surface area contributed by atoms with Gasteiger partial charge in [0.1, 0.15) is 11.6 Å². The van der Waals surface area contributed by atoms with Crippen molar-refractivity contribution in [1.82, 2.24) is 10.6 Å². The Kier molecular flexibility index (Phi) is 3.93. The summed E-state index contributed by atoms with van der Waals surface area (Å²) >= 11 is 1.73. The quantitative estimate of drug-likeness (QED) is 0.628. The minimum absolute atomic E-state index is 0.0182. The first-order valence-corrected chi connectivity index (χ1v) is 6.32. The van der Waals surface area contributed by atoms with Crippen LogP contribution < -0.4 is 10.6 Å². The summed E-state index contributed by atoms with van der Waals surface area (Å²) in [5.74, 6) is -1.97. The molecule has 0 aromatic heterocycles. The Morgan fingerprint density at radius 3 is 2.82 bits per heavy atom. The third-order valence-corrected chi connectivity index (χ3v) is 3.48. The van der Waals surface area contributed by atoms with Crippen LogP contribution in [0.3, 0.4) is 0 Å². The van der Waals surface area contributed by atoms with Gasteiger partial charge in [-0.1, -0.05) is 0 Å². The monoisotopic (exact) mass is 352 g/mol. The molecule has 6 heteroatoms. The number of hydrogen-bond donors (Lipinski definition) is 2. The second-order valence-corrected chi connectivity index (χ2v) is 5.07. The molecule has 1 aromatic carbocycles. The summed E-state index contributed by atoms with van der Waals surface area (Å²) in [5, 5.41) is 5.81. The van der Waals surface area contributed by atoms with Crippen LogP contribution in [0.5, 0.6) is 0 Å². The van der Waals surface area contributed by atoms with Gasteiger partial charge in [0.05, 0.1) is 5.56 Å². The van der Waals surface area contributed by atoms with Crippen molar-refractivity contribution in [3.8, 4) is 0 Å². The lowest BCUT2D eigenvalue weighted by Gasteiger charge is -2.12. The van der Waals surface area contributed by atoms with Gasteiger partial charge in [-0.05, 0) is 41.6 Å². The van der Waals surface area contributed by atoms with Gasteiger partial charge < -0.3 is 10.6 Å². The van der Waals surface area contributed by atoms with Crippen molar-refractivity contribution in [3.05, 3.63) is 32.9 Å². The van der Waals surface area contributed by atoms with Gasteiger partial charge in [0.15, 0.2) is 0 Å². The van der Waals surface area contributed by atoms with Gasteiger partial charge in [-0.2, -0.15) is 0 Å². The first-order valence-electron chi connectivity index (χ1n) is 5.24. The van der Waals surface area contributed by atoms with Crippen LogP contribution in [0.1, 0.15) is 16.8 Å². The molecule has 1 saturated heterocycles. The molecule has 0 aliphatic carbocycles. The maximum Gasteiger partial charge on any atom is 0.254 e. The molecule has 2 rings (SSSR count). The molecular formula is C11H11F2IN2O. The number of halogens is 3. The highest BCUT2D eigenvalue weighted by Gasteiger charge is 2.20. The molecule has 1 aromatic rings. The van der Waals surface area contributed by atoms with Crippen LogP contribution in [0.15, 0.2) is 12.1 Å². The zero-order chi connectivity index (χ0) is 12.4. The lowest BCUT2D eigenvalue weighted by molar-refractivity contribution is 0.0936. The van der Waals surface area contributed by atoms with E-state index in [9.17, 15) is 13.6 Å². The van der Waals surface area contributed by atoms with Gasteiger partial charge in [-0.25, -0.2) is 8.78 Å². The Hall–Kier alpha value is -0.760. The topological polar surface area (TPSA) is 41.1 Å². The highest BCUT2D eigenvalue weighted by molar-refractivity contribution is 14.1. The predicted molar refractivity (Wildman–Crippen MR) is 67.8 cm³/mol. The second kappa shape index (κ2) is 5.26. The third kappa shape index (κ3) is 2.92. The molecule has 0 spiro atoms. The van der Waals surface area contributed by atoms with Crippen LogP contribution >= 0.6 is 22.6 Å². The number of carbonyl (C=O) groups excluding carboxylic acids is 1. The van der Waals surface area contributed by atoms with E-state index < -0.39 is 17.5 Å². The van der Waals surface area contributed by atoms with Gasteiger partial charge >= 0.3 is 0 Å². The van der Waals surface area contributed by atoms with Gasteiger partial charge in [0, 0.05) is 22.2 Å². The number of amides is 1. The van der Waals surface area contributed by atoms with Crippen LogP contribution in [0.4, 0.5) is 8.78 Å². The molecule has 1 fully saturated rings. The van der Waals surface area contributed by atoms with Crippen LogP contribution in [0.2, 0.25) is 0 Å². The minimum atomic E-state index is -0.827. The van der Waals surface area contributed by atoms with E-state index in [2.05, 4.69) is 10.6 Å². The standard InChI is InChI=1S/C11H11F2IN2O/c12-8-4-9(13)10(14)3-7(8)11(17)16-6-1-2-15-5-6/h3-4,6,15H,1-2,5H2,(H,16,17)/t6-/m0/s1. The average molecular weight is 352 g/mol. The molecule has 92 valence electrons. The predicted octanol–water partition coefficient (Wildman–Crippen LogP) is 1.66. The summed E-state index contributed by atoms with van der Waals surface area (Å²) in [7, 11) is 0. The van der Waals surface area contributed by atoms with Crippen molar-refractivity contribution in [2.45, 2.75) is 12.5 Å². The van der Waals surface area contributed by atoms with E-state index in [1.165, 1.54) is 6.07 Å². The summed E-state index contributed by atoms with van der Waals surface area (Å²) in [5.41, 5.74) is -0.109. The zero-order valence-electron chi connectivity index (χ0n) is 8.90. The summed E-state index contributed by atoms with van der Waals surface area (Å²) in [6.07, 6.45) is 0.825. The summed E-state index contributed by atoms with van der Waals surface area (Å²) < 4.78 is 26.7. The molecule has 17 heavy (non-hydrogen) atoms. The van der Waals surface area contributed by atoms with Crippen LogP contribution in [0, 0.1) is 15.2 Å². The van der Waals surface area contributed by atoms with Gasteiger partial charge in [-0.3, -0.25) is 4.79 Å². The molecule has 1 atom stereocenters. The number of rotatable bonds is 2. The van der Waals surface area contributed by atoms with Crippen LogP contribution in [-0.2, 0) is 0 Å². The van der Waals surface area contributed by atoms with Crippen LogP contribution in [0.25, 0.3) is 0 Å². The molecule has 3 nitrogen and oxygen atoms in total. The lowest BCUT2D eigenvalue weighted by Crippen LogP contribution is -2.36. The lowest BCUT2D eigenvalue weighted by atomic mass is 10.1. The maximum absolute atomic E-state index is 13.4. The Balaban J connectivity index is 2.15. The van der Waals surface area contributed by atoms with E-state index in [4.69, 9.17) is 0 Å². The fraction of sp³-hybridized carbons (Fsp3) is 0.364. The first kappa shape index (κ1) is 12.7. The molecule has 0 unspecified atom stereocenters. The molecule has 1 heterocycles. The van der Waals surface area contributed by atoms with Crippen molar-refractivity contribution in [3.63, 3.8) is 0 Å². The van der Waals surface area contributed by atoms with Gasteiger partial charge in [0.25, 0.3) is 5.91 Å². The average Bonchev–Trinajstić information content (AvgIpc) is 2.76. The second-order valence-electron chi connectivity index (χ2n) is 3.91. The van der Waals surface area contributed by atoms with Crippen LogP contribution in [-0.4, -0.2) is 25.0 Å². The van der Waals surface area contributed by atoms with Gasteiger partial charge in [0.2, 0.25) is 0 Å². The highest BCUT2D eigenvalue weighted by atomic mass is 127. The number of hydrogen-bond acceptors (Lipinski definition) is 2. The number of carbonyl (C=O) groups is 1. The Morgan fingerprint density at radius 1 is 1.41 bits per heavy atom. The number of benzene rings is 1.